The molecule has 232 valence electrons. The van der Waals surface area contributed by atoms with Crippen LogP contribution in [0.15, 0.2) is 152 Å². The molecule has 1 aliphatic rings. The Hall–Kier alpha value is -7.01. The molecule has 0 saturated heterocycles. The van der Waals surface area contributed by atoms with Gasteiger partial charge in [-0.25, -0.2) is 14.6 Å². The van der Waals surface area contributed by atoms with Crippen LogP contribution in [-0.2, 0) is 0 Å². The minimum absolute atomic E-state index is 0.915. The van der Waals surface area contributed by atoms with E-state index in [1.165, 1.54) is 21.9 Å². The molecule has 50 heavy (non-hydrogen) atoms. The number of hydrogen-bond donors (Lipinski definition) is 0. The van der Waals surface area contributed by atoms with E-state index in [2.05, 4.69) is 147 Å². The van der Waals surface area contributed by atoms with Gasteiger partial charge in [-0.2, -0.15) is 4.57 Å². The molecule has 0 fully saturated rings. The highest BCUT2D eigenvalue weighted by molar-refractivity contribution is 6.10. The van der Waals surface area contributed by atoms with Gasteiger partial charge in [0.25, 0.3) is 0 Å². The molecule has 6 nitrogen and oxygen atoms in total. The molecule has 0 saturated carbocycles. The van der Waals surface area contributed by atoms with Crippen LogP contribution in [0.2, 0.25) is 0 Å². The standard InChI is InChI=1S/C44H27N6/c1-2-9-28(10-3-1)29-17-19-40-37(25-29)34-14-7-22-45-42(34)48(40)30-11-6-12-31(26-30)49-41-20-18-32(27-38(41)35-15-8-23-46-43(35)49)50-39-16-5-4-13-33(39)36-21-24-47-44(36)50/h1-27H/q+1. The molecular weight excluding hydrogens is 613 g/mol. The van der Waals surface area contributed by atoms with Crippen LogP contribution < -0.4 is 15.4 Å². The van der Waals surface area contributed by atoms with Gasteiger partial charge in [0.05, 0.1) is 16.3 Å². The second-order valence-corrected chi connectivity index (χ2v) is 12.8. The van der Waals surface area contributed by atoms with Crippen molar-refractivity contribution in [3.63, 3.8) is 0 Å². The van der Waals surface area contributed by atoms with E-state index in [4.69, 9.17) is 14.6 Å². The molecule has 10 aromatic rings. The molecule has 0 radical (unpaired) electrons. The van der Waals surface area contributed by atoms with Crippen LogP contribution in [-0.4, -0.2) is 29.9 Å². The fraction of sp³-hybridized carbons (Fsp3) is 0. The predicted molar refractivity (Wildman–Crippen MR) is 204 cm³/mol. The highest BCUT2D eigenvalue weighted by Crippen LogP contribution is 2.36. The highest BCUT2D eigenvalue weighted by Gasteiger charge is 2.22. The van der Waals surface area contributed by atoms with Crippen LogP contribution in [0, 0.1) is 0 Å². The second-order valence-electron chi connectivity index (χ2n) is 12.8. The van der Waals surface area contributed by atoms with Crippen LogP contribution in [0.4, 0.5) is 0 Å². The molecule has 0 bridgehead atoms. The predicted octanol–water partition coefficient (Wildman–Crippen LogP) is 7.83. The Labute approximate surface area is 285 Å². The topological polar surface area (TPSA) is 54.7 Å². The van der Waals surface area contributed by atoms with Crippen LogP contribution in [0.1, 0.15) is 0 Å². The summed E-state index contributed by atoms with van der Waals surface area (Å²) in [7, 11) is 0. The third kappa shape index (κ3) is 3.76. The summed E-state index contributed by atoms with van der Waals surface area (Å²) in [5.41, 5.74) is 11.7. The lowest BCUT2D eigenvalue weighted by Crippen LogP contribution is -2.28. The van der Waals surface area contributed by atoms with Crippen molar-refractivity contribution in [1.29, 1.82) is 0 Å². The summed E-state index contributed by atoms with van der Waals surface area (Å²) >= 11 is 0. The van der Waals surface area contributed by atoms with Gasteiger partial charge in [0, 0.05) is 56.8 Å². The van der Waals surface area contributed by atoms with E-state index in [1.807, 2.05) is 30.7 Å². The maximum absolute atomic E-state index is 4.93. The summed E-state index contributed by atoms with van der Waals surface area (Å²) in [5, 5.41) is 6.92. The van der Waals surface area contributed by atoms with E-state index in [0.717, 1.165) is 71.8 Å². The fourth-order valence-corrected chi connectivity index (χ4v) is 7.91. The molecule has 0 unspecified atom stereocenters. The van der Waals surface area contributed by atoms with Crippen LogP contribution in [0.5, 0.6) is 0 Å². The summed E-state index contributed by atoms with van der Waals surface area (Å²) in [5.74, 6) is 0. The van der Waals surface area contributed by atoms with E-state index in [9.17, 15) is 0 Å². The lowest BCUT2D eigenvalue weighted by atomic mass is 10.0. The van der Waals surface area contributed by atoms with Gasteiger partial charge in [0.2, 0.25) is 0 Å². The van der Waals surface area contributed by atoms with Gasteiger partial charge >= 0.3 is 5.49 Å². The van der Waals surface area contributed by atoms with E-state index in [-0.39, 0.29) is 0 Å². The van der Waals surface area contributed by atoms with Crippen LogP contribution in [0.25, 0.3) is 89.0 Å². The summed E-state index contributed by atoms with van der Waals surface area (Å²) in [6.07, 6.45) is 7.75. The normalized spacial score (nSPS) is 12.3. The number of fused-ring (bicyclic) bond motifs is 9. The number of benzene rings is 5. The van der Waals surface area contributed by atoms with Gasteiger partial charge in [-0.15, -0.1) is 0 Å². The first-order valence-corrected chi connectivity index (χ1v) is 16.8. The van der Waals surface area contributed by atoms with Crippen molar-refractivity contribution in [3.8, 4) is 28.2 Å². The average molecular weight is 640 g/mol. The maximum atomic E-state index is 4.93. The lowest BCUT2D eigenvalue weighted by Gasteiger charge is -2.12. The van der Waals surface area contributed by atoms with Gasteiger partial charge in [-0.1, -0.05) is 54.6 Å². The maximum Gasteiger partial charge on any atom is 0.388 e. The first-order chi connectivity index (χ1) is 24.8. The van der Waals surface area contributed by atoms with Crippen molar-refractivity contribution in [3.05, 3.63) is 163 Å². The number of hydrogen-bond acceptors (Lipinski definition) is 2. The van der Waals surface area contributed by atoms with Crippen molar-refractivity contribution in [1.82, 2.24) is 28.3 Å². The molecule has 0 amide bonds. The summed E-state index contributed by atoms with van der Waals surface area (Å²) in [4.78, 5) is 9.83. The lowest BCUT2D eigenvalue weighted by molar-refractivity contribution is 1.02. The van der Waals surface area contributed by atoms with Crippen molar-refractivity contribution in [2.45, 2.75) is 0 Å². The van der Waals surface area contributed by atoms with Crippen molar-refractivity contribution in [2.24, 2.45) is 0 Å². The molecule has 6 heterocycles. The Bertz CT molecular complexity index is 3190. The zero-order valence-electron chi connectivity index (χ0n) is 26.8. The highest BCUT2D eigenvalue weighted by atomic mass is 15.1. The molecule has 0 spiro atoms. The zero-order valence-corrected chi connectivity index (χ0v) is 26.8. The van der Waals surface area contributed by atoms with Crippen LogP contribution >= 0.6 is 0 Å². The molecule has 5 aromatic heterocycles. The Kier molecular flexibility index (Phi) is 5.53. The Morgan fingerprint density at radius 1 is 0.420 bits per heavy atom. The number of para-hydroxylation sites is 1. The number of pyridine rings is 2. The monoisotopic (exact) mass is 639 g/mol. The Morgan fingerprint density at radius 3 is 1.80 bits per heavy atom. The minimum atomic E-state index is 0.915. The number of rotatable bonds is 4. The summed E-state index contributed by atoms with van der Waals surface area (Å²) in [6.45, 7) is 0. The van der Waals surface area contributed by atoms with E-state index in [0.29, 0.717) is 0 Å². The molecular formula is C44H27N6+. The van der Waals surface area contributed by atoms with Gasteiger partial charge in [-0.05, 0) is 96.1 Å². The molecule has 11 rings (SSSR count). The fourth-order valence-electron chi connectivity index (χ4n) is 7.91. The third-order valence-corrected chi connectivity index (χ3v) is 10.1. The van der Waals surface area contributed by atoms with Crippen molar-refractivity contribution < 1.29 is 0 Å². The Morgan fingerprint density at radius 2 is 1.04 bits per heavy atom. The molecule has 0 N–H and O–H groups in total. The first-order valence-electron chi connectivity index (χ1n) is 16.8. The largest absolute Gasteiger partial charge is 0.388 e. The zero-order chi connectivity index (χ0) is 32.8. The second kappa shape index (κ2) is 10.2. The molecule has 5 aromatic carbocycles. The van der Waals surface area contributed by atoms with Gasteiger partial charge in [-0.3, -0.25) is 9.13 Å². The van der Waals surface area contributed by atoms with Crippen molar-refractivity contribution >= 4 is 67.1 Å². The van der Waals surface area contributed by atoms with E-state index in [1.54, 1.807) is 0 Å². The quantitative estimate of drug-likeness (QED) is 0.184. The van der Waals surface area contributed by atoms with Crippen molar-refractivity contribution in [2.75, 3.05) is 0 Å². The SMILES string of the molecule is C1=[N+]=c2c(c3ccccc3n2-c2ccc3c(c2)c2cccnc2n3-c2cccc(-n3c4ccc(-c5ccccc5)cc4c4cccnc43)c2)=C1. The van der Waals surface area contributed by atoms with E-state index < -0.39 is 0 Å². The van der Waals surface area contributed by atoms with E-state index >= 15 is 0 Å². The summed E-state index contributed by atoms with van der Waals surface area (Å²) in [6, 6.07) is 49.5. The van der Waals surface area contributed by atoms with Gasteiger partial charge in [0.1, 0.15) is 22.5 Å². The Balaban J connectivity index is 1.12. The first kappa shape index (κ1) is 27.0. The minimum Gasteiger partial charge on any atom is -0.294 e. The molecule has 0 aliphatic carbocycles. The smallest absolute Gasteiger partial charge is 0.294 e. The van der Waals surface area contributed by atoms with Crippen LogP contribution in [0.3, 0.4) is 0 Å². The average Bonchev–Trinajstić information content (AvgIpc) is 3.94. The number of nitrogens with zero attached hydrogens (tertiary/aromatic N) is 6. The molecule has 0 atom stereocenters. The molecule has 1 aliphatic heterocycles. The summed E-state index contributed by atoms with van der Waals surface area (Å²) < 4.78 is 11.6. The van der Waals surface area contributed by atoms with Gasteiger partial charge < -0.3 is 0 Å². The number of aromatic nitrogens is 5. The third-order valence-electron chi connectivity index (χ3n) is 10.1. The van der Waals surface area contributed by atoms with Gasteiger partial charge in [0.15, 0.2) is 6.21 Å². The molecule has 6 heteroatoms.